The zero-order valence-corrected chi connectivity index (χ0v) is 19.4. The molecular formula is C24H23BrClF2NO2. The van der Waals surface area contributed by atoms with Gasteiger partial charge < -0.3 is 14.8 Å². The molecule has 0 saturated carbocycles. The number of ether oxygens (including phenoxy) is 2. The third-order valence-electron chi connectivity index (χ3n) is 4.61. The molecule has 3 nitrogen and oxygen atoms in total. The van der Waals surface area contributed by atoms with Crippen molar-refractivity contribution in [1.82, 2.24) is 5.32 Å². The SMILES string of the molecule is CCOc1cc(CNCCc2ccccc2F)cc(Br)c1OCc1ccc(F)cc1Cl. The maximum Gasteiger partial charge on any atom is 0.175 e. The molecule has 0 aliphatic carbocycles. The van der Waals surface area contributed by atoms with Crippen molar-refractivity contribution in [2.24, 2.45) is 0 Å². The van der Waals surface area contributed by atoms with Crippen LogP contribution in [0.3, 0.4) is 0 Å². The largest absolute Gasteiger partial charge is 0.490 e. The molecule has 1 N–H and O–H groups in total. The zero-order valence-electron chi connectivity index (χ0n) is 17.1. The van der Waals surface area contributed by atoms with Gasteiger partial charge >= 0.3 is 0 Å². The van der Waals surface area contributed by atoms with E-state index in [1.165, 1.54) is 18.2 Å². The Kier molecular flexibility index (Phi) is 8.69. The van der Waals surface area contributed by atoms with E-state index >= 15 is 0 Å². The fourth-order valence-electron chi connectivity index (χ4n) is 3.07. The molecule has 0 saturated heterocycles. The minimum absolute atomic E-state index is 0.179. The molecule has 0 radical (unpaired) electrons. The molecular weight excluding hydrogens is 488 g/mol. The van der Waals surface area contributed by atoms with E-state index in [-0.39, 0.29) is 12.4 Å². The maximum absolute atomic E-state index is 13.7. The molecule has 0 spiro atoms. The van der Waals surface area contributed by atoms with Crippen molar-refractivity contribution in [3.63, 3.8) is 0 Å². The van der Waals surface area contributed by atoms with Crippen LogP contribution in [0.25, 0.3) is 0 Å². The molecule has 31 heavy (non-hydrogen) atoms. The van der Waals surface area contributed by atoms with Gasteiger partial charge in [0.05, 0.1) is 16.1 Å². The van der Waals surface area contributed by atoms with Gasteiger partial charge in [0.15, 0.2) is 11.5 Å². The first-order chi connectivity index (χ1) is 15.0. The molecule has 0 unspecified atom stereocenters. The summed E-state index contributed by atoms with van der Waals surface area (Å²) in [5.41, 5.74) is 2.36. The fraction of sp³-hybridized carbons (Fsp3) is 0.250. The van der Waals surface area contributed by atoms with Crippen LogP contribution in [0.15, 0.2) is 59.1 Å². The van der Waals surface area contributed by atoms with E-state index in [0.29, 0.717) is 53.8 Å². The molecule has 3 aromatic carbocycles. The van der Waals surface area contributed by atoms with E-state index in [9.17, 15) is 8.78 Å². The van der Waals surface area contributed by atoms with Gasteiger partial charge in [-0.2, -0.15) is 0 Å². The van der Waals surface area contributed by atoms with E-state index in [4.69, 9.17) is 21.1 Å². The molecule has 7 heteroatoms. The lowest BCUT2D eigenvalue weighted by atomic mass is 10.1. The summed E-state index contributed by atoms with van der Waals surface area (Å²) in [7, 11) is 0. The molecule has 3 aromatic rings. The number of hydrogen-bond acceptors (Lipinski definition) is 3. The van der Waals surface area contributed by atoms with Crippen molar-refractivity contribution in [1.29, 1.82) is 0 Å². The third kappa shape index (κ3) is 6.66. The average molecular weight is 511 g/mol. The van der Waals surface area contributed by atoms with Gasteiger partial charge in [0.25, 0.3) is 0 Å². The van der Waals surface area contributed by atoms with Crippen LogP contribution in [-0.4, -0.2) is 13.2 Å². The maximum atomic E-state index is 13.7. The van der Waals surface area contributed by atoms with Gasteiger partial charge in [-0.15, -0.1) is 0 Å². The first-order valence-electron chi connectivity index (χ1n) is 9.94. The van der Waals surface area contributed by atoms with E-state index in [1.54, 1.807) is 18.2 Å². The Morgan fingerprint density at radius 2 is 1.81 bits per heavy atom. The van der Waals surface area contributed by atoms with Crippen molar-refractivity contribution >= 4 is 27.5 Å². The van der Waals surface area contributed by atoms with E-state index in [0.717, 1.165) is 10.0 Å². The Bertz CT molecular complexity index is 1030. The molecule has 0 aromatic heterocycles. The zero-order chi connectivity index (χ0) is 22.2. The van der Waals surface area contributed by atoms with E-state index in [1.807, 2.05) is 25.1 Å². The Morgan fingerprint density at radius 3 is 2.55 bits per heavy atom. The number of benzene rings is 3. The van der Waals surface area contributed by atoms with Gasteiger partial charge in [-0.1, -0.05) is 35.9 Å². The highest BCUT2D eigenvalue weighted by atomic mass is 79.9. The molecule has 0 amide bonds. The Balaban J connectivity index is 1.64. The van der Waals surface area contributed by atoms with Crippen molar-refractivity contribution < 1.29 is 18.3 Å². The first kappa shape index (κ1) is 23.5. The van der Waals surface area contributed by atoms with Gasteiger partial charge in [-0.05, 0) is 77.3 Å². The second kappa shape index (κ2) is 11.5. The van der Waals surface area contributed by atoms with E-state index < -0.39 is 5.82 Å². The second-order valence-corrected chi connectivity index (χ2v) is 8.14. The lowest BCUT2D eigenvalue weighted by Crippen LogP contribution is -2.17. The van der Waals surface area contributed by atoms with Gasteiger partial charge in [0, 0.05) is 12.1 Å². The van der Waals surface area contributed by atoms with Crippen molar-refractivity contribution in [3.05, 3.63) is 92.4 Å². The van der Waals surface area contributed by atoms with Gasteiger partial charge in [0.2, 0.25) is 0 Å². The molecule has 3 rings (SSSR count). The summed E-state index contributed by atoms with van der Waals surface area (Å²) in [6, 6.07) is 14.8. The number of rotatable bonds is 10. The monoisotopic (exact) mass is 509 g/mol. The quantitative estimate of drug-likeness (QED) is 0.308. The summed E-state index contributed by atoms with van der Waals surface area (Å²) in [6.45, 7) is 3.79. The second-order valence-electron chi connectivity index (χ2n) is 6.88. The first-order valence-corrected chi connectivity index (χ1v) is 11.1. The predicted octanol–water partition coefficient (Wildman–Crippen LogP) is 6.69. The van der Waals surface area contributed by atoms with Crippen LogP contribution in [-0.2, 0) is 19.6 Å². The molecule has 0 aliphatic heterocycles. The standard InChI is InChI=1S/C24H23BrClF2NO2/c1-2-30-23-12-16(14-29-10-9-17-5-3-4-6-22(17)28)11-20(25)24(23)31-15-18-7-8-19(27)13-21(18)26/h3-8,11-13,29H,2,9-10,14-15H2,1H3. The topological polar surface area (TPSA) is 30.5 Å². The van der Waals surface area contributed by atoms with Crippen LogP contribution in [0, 0.1) is 11.6 Å². The normalized spacial score (nSPS) is 10.9. The number of halogens is 4. The summed E-state index contributed by atoms with van der Waals surface area (Å²) < 4.78 is 39.4. The predicted molar refractivity (Wildman–Crippen MR) is 123 cm³/mol. The van der Waals surface area contributed by atoms with Crippen LogP contribution in [0.1, 0.15) is 23.6 Å². The van der Waals surface area contributed by atoms with E-state index in [2.05, 4.69) is 21.2 Å². The molecule has 0 fully saturated rings. The summed E-state index contributed by atoms with van der Waals surface area (Å²) >= 11 is 9.64. The summed E-state index contributed by atoms with van der Waals surface area (Å²) in [5.74, 6) is 0.573. The number of hydrogen-bond donors (Lipinski definition) is 1. The van der Waals surface area contributed by atoms with Crippen LogP contribution in [0.4, 0.5) is 8.78 Å². The van der Waals surface area contributed by atoms with Crippen LogP contribution < -0.4 is 14.8 Å². The summed E-state index contributed by atoms with van der Waals surface area (Å²) in [4.78, 5) is 0. The molecule has 164 valence electrons. The Hall–Kier alpha value is -2.15. The van der Waals surface area contributed by atoms with Crippen molar-refractivity contribution in [2.45, 2.75) is 26.5 Å². The van der Waals surface area contributed by atoms with Gasteiger partial charge in [-0.25, -0.2) is 8.78 Å². The van der Waals surface area contributed by atoms with Crippen LogP contribution >= 0.6 is 27.5 Å². The molecule has 0 heterocycles. The highest BCUT2D eigenvalue weighted by Crippen LogP contribution is 2.38. The lowest BCUT2D eigenvalue weighted by Gasteiger charge is -2.16. The number of nitrogens with one attached hydrogen (secondary N) is 1. The van der Waals surface area contributed by atoms with Crippen molar-refractivity contribution in [3.8, 4) is 11.5 Å². The fourth-order valence-corrected chi connectivity index (χ4v) is 3.90. The summed E-state index contributed by atoms with van der Waals surface area (Å²) in [5, 5.41) is 3.64. The van der Waals surface area contributed by atoms with Gasteiger partial charge in [-0.3, -0.25) is 0 Å². The lowest BCUT2D eigenvalue weighted by molar-refractivity contribution is 0.267. The molecule has 0 bridgehead atoms. The minimum atomic E-state index is -0.392. The highest BCUT2D eigenvalue weighted by Gasteiger charge is 2.14. The Labute approximate surface area is 194 Å². The van der Waals surface area contributed by atoms with Crippen LogP contribution in [0.2, 0.25) is 5.02 Å². The molecule has 0 aliphatic rings. The molecule has 0 atom stereocenters. The van der Waals surface area contributed by atoms with Gasteiger partial charge in [0.1, 0.15) is 18.2 Å². The van der Waals surface area contributed by atoms with Crippen molar-refractivity contribution in [2.75, 3.05) is 13.2 Å². The van der Waals surface area contributed by atoms with Crippen LogP contribution in [0.5, 0.6) is 11.5 Å². The summed E-state index contributed by atoms with van der Waals surface area (Å²) in [6.07, 6.45) is 0.603. The highest BCUT2D eigenvalue weighted by molar-refractivity contribution is 9.10. The third-order valence-corrected chi connectivity index (χ3v) is 5.56. The average Bonchev–Trinajstić information content (AvgIpc) is 2.73. The Morgan fingerprint density at radius 1 is 1.00 bits per heavy atom. The minimum Gasteiger partial charge on any atom is -0.490 e. The smallest absolute Gasteiger partial charge is 0.175 e.